The van der Waals surface area contributed by atoms with Crippen molar-refractivity contribution in [1.29, 1.82) is 0 Å². The molecule has 27 heavy (non-hydrogen) atoms. The number of carbonyl (C=O) groups is 2. The van der Waals surface area contributed by atoms with Crippen LogP contribution in [0, 0.1) is 6.92 Å². The Morgan fingerprint density at radius 1 is 1.26 bits per heavy atom. The highest BCUT2D eigenvalue weighted by Gasteiger charge is 2.32. The average Bonchev–Trinajstić information content (AvgIpc) is 2.91. The Morgan fingerprint density at radius 2 is 1.93 bits per heavy atom. The predicted octanol–water partition coefficient (Wildman–Crippen LogP) is 1.33. The monoisotopic (exact) mass is 404 g/mol. The molecule has 1 aromatic rings. The molecule has 2 amide bonds. The Balaban J connectivity index is 1.52. The van der Waals surface area contributed by atoms with Gasteiger partial charge in [0.05, 0.1) is 38.1 Å². The number of hydrogen-bond acceptors (Lipinski definition) is 4. The third-order valence-electron chi connectivity index (χ3n) is 4.99. The first-order valence-corrected chi connectivity index (χ1v) is 10.6. The van der Waals surface area contributed by atoms with Gasteiger partial charge in [-0.2, -0.15) is 0 Å². The third-order valence-corrected chi connectivity index (χ3v) is 6.37. The lowest BCUT2D eigenvalue weighted by Gasteiger charge is -2.30. The number of piperazine rings is 1. The average molecular weight is 405 g/mol. The Bertz CT molecular complexity index is 753. The summed E-state index contributed by atoms with van der Waals surface area (Å²) in [7, 11) is 2.15. The number of amides is 2. The van der Waals surface area contributed by atoms with Crippen molar-refractivity contribution in [2.24, 2.45) is 0 Å². The van der Waals surface area contributed by atoms with Crippen molar-refractivity contribution in [2.75, 3.05) is 39.8 Å². The second-order valence-electron chi connectivity index (χ2n) is 7.19. The highest BCUT2D eigenvalue weighted by molar-refractivity contribution is 8.26. The molecule has 2 aliphatic rings. The van der Waals surface area contributed by atoms with Gasteiger partial charge in [0.15, 0.2) is 0 Å². The maximum absolute atomic E-state index is 12.7. The van der Waals surface area contributed by atoms with Crippen LogP contribution in [0.2, 0.25) is 0 Å². The van der Waals surface area contributed by atoms with Crippen molar-refractivity contribution in [3.05, 3.63) is 40.3 Å². The van der Waals surface area contributed by atoms with Crippen molar-refractivity contribution in [2.45, 2.75) is 19.8 Å². The van der Waals surface area contributed by atoms with Gasteiger partial charge in [-0.05, 0) is 25.0 Å². The molecule has 7 heteroatoms. The van der Waals surface area contributed by atoms with Crippen molar-refractivity contribution >= 4 is 46.2 Å². The quantitative estimate of drug-likeness (QED) is 0.594. The zero-order valence-electron chi connectivity index (χ0n) is 15.9. The zero-order valence-corrected chi connectivity index (χ0v) is 17.5. The molecule has 5 nitrogen and oxygen atoms in total. The number of quaternary nitrogens is 1. The molecule has 0 unspecified atom stereocenters. The smallest absolute Gasteiger partial charge is 0.266 e. The molecule has 2 heterocycles. The van der Waals surface area contributed by atoms with E-state index in [2.05, 4.69) is 7.05 Å². The van der Waals surface area contributed by atoms with Gasteiger partial charge in [0.1, 0.15) is 4.32 Å². The van der Waals surface area contributed by atoms with Gasteiger partial charge in [-0.15, -0.1) is 0 Å². The normalized spacial score (nSPS) is 20.0. The summed E-state index contributed by atoms with van der Waals surface area (Å²) >= 11 is 6.72. The van der Waals surface area contributed by atoms with Crippen molar-refractivity contribution in [3.63, 3.8) is 0 Å². The first-order valence-electron chi connectivity index (χ1n) is 9.35. The summed E-state index contributed by atoms with van der Waals surface area (Å²) in [5, 5.41) is 0. The summed E-state index contributed by atoms with van der Waals surface area (Å²) in [5.74, 6) is 0.129. The van der Waals surface area contributed by atoms with Gasteiger partial charge in [0.2, 0.25) is 5.91 Å². The topological polar surface area (TPSA) is 45.1 Å². The van der Waals surface area contributed by atoms with Crippen LogP contribution in [0.4, 0.5) is 0 Å². The Labute approximate surface area is 170 Å². The Hall–Kier alpha value is -1.70. The van der Waals surface area contributed by atoms with E-state index in [9.17, 15) is 9.59 Å². The number of rotatable bonds is 5. The van der Waals surface area contributed by atoms with Crippen LogP contribution < -0.4 is 4.90 Å². The van der Waals surface area contributed by atoms with E-state index in [-0.39, 0.29) is 11.8 Å². The fourth-order valence-electron chi connectivity index (χ4n) is 3.19. The lowest BCUT2D eigenvalue weighted by Crippen LogP contribution is -3.12. The van der Waals surface area contributed by atoms with Gasteiger partial charge in [0, 0.05) is 13.0 Å². The molecule has 0 spiro atoms. The SMILES string of the molecule is Cc1ccc(/C=C2\SC(=S)N(CCCC(=O)N3CC[NH+](C)CC3)C2=O)cc1. The van der Waals surface area contributed by atoms with E-state index in [0.29, 0.717) is 28.6 Å². The van der Waals surface area contributed by atoms with Crippen molar-refractivity contribution < 1.29 is 14.5 Å². The van der Waals surface area contributed by atoms with E-state index in [1.54, 1.807) is 4.90 Å². The maximum atomic E-state index is 12.7. The fraction of sp³-hybridized carbons (Fsp3) is 0.450. The summed E-state index contributed by atoms with van der Waals surface area (Å²) < 4.78 is 0.578. The van der Waals surface area contributed by atoms with Gasteiger partial charge in [0.25, 0.3) is 5.91 Å². The number of benzene rings is 1. The molecule has 1 N–H and O–H groups in total. The molecule has 3 rings (SSSR count). The van der Waals surface area contributed by atoms with Crippen LogP contribution in [0.15, 0.2) is 29.2 Å². The first-order chi connectivity index (χ1) is 12.9. The third kappa shape index (κ3) is 5.18. The molecule has 2 aliphatic heterocycles. The number of thioether (sulfide) groups is 1. The number of nitrogens with one attached hydrogen (secondary N) is 1. The highest BCUT2D eigenvalue weighted by Crippen LogP contribution is 2.32. The van der Waals surface area contributed by atoms with E-state index in [1.807, 2.05) is 42.2 Å². The molecule has 0 bridgehead atoms. The van der Waals surface area contributed by atoms with E-state index in [0.717, 1.165) is 31.7 Å². The number of hydrogen-bond donors (Lipinski definition) is 1. The molecule has 144 valence electrons. The summed E-state index contributed by atoms with van der Waals surface area (Å²) in [6, 6.07) is 8.05. The zero-order chi connectivity index (χ0) is 19.4. The molecular formula is C20H26N3O2S2+. The fourth-order valence-corrected chi connectivity index (χ4v) is 4.50. The van der Waals surface area contributed by atoms with Crippen LogP contribution in [-0.4, -0.2) is 65.7 Å². The van der Waals surface area contributed by atoms with Gasteiger partial charge in [-0.25, -0.2) is 0 Å². The largest absolute Gasteiger partial charge is 0.334 e. The number of thiocarbonyl (C=S) groups is 1. The number of nitrogens with zero attached hydrogens (tertiary/aromatic N) is 2. The molecule has 2 fully saturated rings. The summed E-state index contributed by atoms with van der Waals surface area (Å²) in [6.45, 7) is 6.19. The standard InChI is InChI=1S/C20H25N3O2S2/c1-15-5-7-16(8-6-15)14-17-19(25)23(20(26)27-17)9-3-4-18(24)22-12-10-21(2)11-13-22/h5-8,14H,3-4,9-13H2,1-2H3/p+1/b17-14-. The van der Waals surface area contributed by atoms with E-state index in [4.69, 9.17) is 12.2 Å². The van der Waals surface area contributed by atoms with Gasteiger partial charge in [-0.1, -0.05) is 53.8 Å². The van der Waals surface area contributed by atoms with E-state index in [1.165, 1.54) is 22.2 Å². The van der Waals surface area contributed by atoms with Crippen LogP contribution >= 0.6 is 24.0 Å². The number of likely N-dealkylation sites (N-methyl/N-ethyl adjacent to an activating group) is 1. The molecular weight excluding hydrogens is 378 g/mol. The second-order valence-corrected chi connectivity index (χ2v) is 8.86. The first kappa shape index (κ1) is 20.0. The molecule has 1 aromatic carbocycles. The minimum Gasteiger partial charge on any atom is -0.334 e. The van der Waals surface area contributed by atoms with Crippen LogP contribution in [0.3, 0.4) is 0 Å². The molecule has 0 saturated carbocycles. The minimum absolute atomic E-state index is 0.0544. The highest BCUT2D eigenvalue weighted by atomic mass is 32.2. The van der Waals surface area contributed by atoms with Gasteiger partial charge in [-0.3, -0.25) is 14.5 Å². The van der Waals surface area contributed by atoms with E-state index < -0.39 is 0 Å². The molecule has 2 saturated heterocycles. The van der Waals surface area contributed by atoms with Gasteiger partial charge < -0.3 is 9.80 Å². The second kappa shape index (κ2) is 8.99. The van der Waals surface area contributed by atoms with Crippen LogP contribution in [0.25, 0.3) is 6.08 Å². The summed E-state index contributed by atoms with van der Waals surface area (Å²) in [4.78, 5) is 30.7. The summed E-state index contributed by atoms with van der Waals surface area (Å²) in [5.41, 5.74) is 2.18. The minimum atomic E-state index is -0.0544. The van der Waals surface area contributed by atoms with Crippen molar-refractivity contribution in [1.82, 2.24) is 9.80 Å². The Kier molecular flexibility index (Phi) is 6.68. The van der Waals surface area contributed by atoms with Crippen LogP contribution in [0.1, 0.15) is 24.0 Å². The lowest BCUT2D eigenvalue weighted by atomic mass is 10.1. The molecule has 0 aliphatic carbocycles. The number of aryl methyl sites for hydroxylation is 1. The van der Waals surface area contributed by atoms with E-state index >= 15 is 0 Å². The summed E-state index contributed by atoms with van der Waals surface area (Å²) in [6.07, 6.45) is 2.99. The maximum Gasteiger partial charge on any atom is 0.266 e. The molecule has 0 radical (unpaired) electrons. The molecule has 0 aromatic heterocycles. The van der Waals surface area contributed by atoms with Crippen molar-refractivity contribution in [3.8, 4) is 0 Å². The molecule has 0 atom stereocenters. The number of carbonyl (C=O) groups excluding carboxylic acids is 2. The lowest BCUT2D eigenvalue weighted by molar-refractivity contribution is -0.883. The van der Waals surface area contributed by atoms with Gasteiger partial charge >= 0.3 is 0 Å². The Morgan fingerprint density at radius 3 is 2.59 bits per heavy atom. The predicted molar refractivity (Wildman–Crippen MR) is 113 cm³/mol. The van der Waals surface area contributed by atoms with Crippen LogP contribution in [0.5, 0.6) is 0 Å². The van der Waals surface area contributed by atoms with Crippen LogP contribution in [-0.2, 0) is 9.59 Å².